The van der Waals surface area contributed by atoms with E-state index in [2.05, 4.69) is 43.1 Å². The molecule has 0 bridgehead atoms. The van der Waals surface area contributed by atoms with Gasteiger partial charge in [-0.05, 0) is 28.1 Å². The van der Waals surface area contributed by atoms with Crippen molar-refractivity contribution in [3.8, 4) is 0 Å². The van der Waals surface area contributed by atoms with Gasteiger partial charge in [-0.15, -0.1) is 11.3 Å². The molecule has 4 nitrogen and oxygen atoms in total. The third kappa shape index (κ3) is 2.81. The van der Waals surface area contributed by atoms with Gasteiger partial charge < -0.3 is 5.32 Å². The van der Waals surface area contributed by atoms with E-state index in [0.717, 1.165) is 32.7 Å². The molecule has 0 radical (unpaired) electrons. The zero-order chi connectivity index (χ0) is 13.9. The van der Waals surface area contributed by atoms with Crippen LogP contribution in [-0.2, 0) is 0 Å². The summed E-state index contributed by atoms with van der Waals surface area (Å²) >= 11 is 5.10. The molecule has 1 N–H and O–H groups in total. The molecular weight excluding hydrogens is 336 g/mol. The Hall–Kier alpha value is -1.53. The highest BCUT2D eigenvalue weighted by Gasteiger charge is 2.09. The summed E-state index contributed by atoms with van der Waals surface area (Å²) in [5, 5.41) is 6.60. The molecule has 1 atom stereocenters. The Balaban J connectivity index is 1.81. The van der Waals surface area contributed by atoms with Gasteiger partial charge in [-0.1, -0.05) is 6.92 Å². The first kappa shape index (κ1) is 13.5. The molecule has 0 aliphatic rings. The van der Waals surface area contributed by atoms with Crippen molar-refractivity contribution in [3.63, 3.8) is 0 Å². The Kier molecular flexibility index (Phi) is 3.93. The second-order valence-electron chi connectivity index (χ2n) is 4.53. The number of aromatic nitrogens is 3. The van der Waals surface area contributed by atoms with Crippen molar-refractivity contribution in [2.45, 2.75) is 12.8 Å². The maximum absolute atomic E-state index is 4.44. The lowest BCUT2D eigenvalue weighted by Crippen LogP contribution is -2.10. The first-order valence-electron chi connectivity index (χ1n) is 6.27. The van der Waals surface area contributed by atoms with Gasteiger partial charge in [0.15, 0.2) is 0 Å². The molecule has 6 heteroatoms. The number of fused-ring (bicyclic) bond motifs is 1. The molecule has 3 heterocycles. The van der Waals surface area contributed by atoms with Crippen LogP contribution in [0, 0.1) is 0 Å². The predicted octanol–water partition coefficient (Wildman–Crippen LogP) is 4.06. The highest BCUT2D eigenvalue weighted by Crippen LogP contribution is 2.24. The van der Waals surface area contributed by atoms with Crippen molar-refractivity contribution in [1.29, 1.82) is 0 Å². The van der Waals surface area contributed by atoms with Gasteiger partial charge in [-0.3, -0.25) is 9.97 Å². The van der Waals surface area contributed by atoms with Gasteiger partial charge in [0.25, 0.3) is 0 Å². The second-order valence-corrected chi connectivity index (χ2v) is 6.37. The van der Waals surface area contributed by atoms with E-state index in [1.807, 2.05) is 23.7 Å². The van der Waals surface area contributed by atoms with E-state index in [4.69, 9.17) is 0 Å². The molecule has 0 aliphatic carbocycles. The molecule has 0 spiro atoms. The average molecular weight is 349 g/mol. The van der Waals surface area contributed by atoms with Gasteiger partial charge in [-0.25, -0.2) is 4.98 Å². The Morgan fingerprint density at radius 2 is 2.20 bits per heavy atom. The van der Waals surface area contributed by atoms with Crippen LogP contribution >= 0.6 is 27.3 Å². The molecule has 0 fully saturated rings. The lowest BCUT2D eigenvalue weighted by molar-refractivity contribution is 0.795. The number of hydrogen-bond acceptors (Lipinski definition) is 5. The molecule has 0 saturated heterocycles. The normalized spacial score (nSPS) is 12.5. The molecule has 0 amide bonds. The topological polar surface area (TPSA) is 50.7 Å². The van der Waals surface area contributed by atoms with Crippen molar-refractivity contribution in [2.24, 2.45) is 0 Å². The molecule has 3 rings (SSSR count). The average Bonchev–Trinajstić information content (AvgIpc) is 2.98. The largest absolute Gasteiger partial charge is 0.382 e. The fraction of sp³-hybridized carbons (Fsp3) is 0.214. The van der Waals surface area contributed by atoms with Crippen molar-refractivity contribution in [3.05, 3.63) is 45.6 Å². The molecule has 0 aliphatic heterocycles. The highest BCUT2D eigenvalue weighted by molar-refractivity contribution is 9.10. The number of nitrogens with zero attached hydrogens (tertiary/aromatic N) is 3. The van der Waals surface area contributed by atoms with Crippen LogP contribution in [0.25, 0.3) is 11.0 Å². The van der Waals surface area contributed by atoms with Crippen molar-refractivity contribution < 1.29 is 0 Å². The minimum absolute atomic E-state index is 0.369. The maximum Gasteiger partial charge on any atom is 0.112 e. The first-order valence-corrected chi connectivity index (χ1v) is 7.95. The van der Waals surface area contributed by atoms with E-state index >= 15 is 0 Å². The molecule has 102 valence electrons. The summed E-state index contributed by atoms with van der Waals surface area (Å²) in [6, 6.07) is 3.93. The van der Waals surface area contributed by atoms with Crippen molar-refractivity contribution >= 4 is 44.0 Å². The smallest absolute Gasteiger partial charge is 0.112 e. The maximum atomic E-state index is 4.44. The van der Waals surface area contributed by atoms with Gasteiger partial charge in [-0.2, -0.15) is 0 Å². The molecule has 0 aromatic carbocycles. The summed E-state index contributed by atoms with van der Waals surface area (Å²) in [4.78, 5) is 13.1. The molecule has 3 aromatic heterocycles. The van der Waals surface area contributed by atoms with Crippen LogP contribution in [0.3, 0.4) is 0 Å². The Bertz CT molecular complexity index is 714. The number of pyridine rings is 2. The summed E-state index contributed by atoms with van der Waals surface area (Å²) in [6.45, 7) is 2.99. The SMILES string of the molecule is CC(CNc1ccnc2cc(Br)cnc12)c1nccs1. The van der Waals surface area contributed by atoms with Gasteiger partial charge >= 0.3 is 0 Å². The zero-order valence-electron chi connectivity index (χ0n) is 10.9. The summed E-state index contributed by atoms with van der Waals surface area (Å²) in [7, 11) is 0. The van der Waals surface area contributed by atoms with E-state index in [1.165, 1.54) is 0 Å². The number of rotatable bonds is 4. The van der Waals surface area contributed by atoms with Crippen LogP contribution in [0.15, 0.2) is 40.6 Å². The van der Waals surface area contributed by atoms with E-state index < -0.39 is 0 Å². The zero-order valence-corrected chi connectivity index (χ0v) is 13.3. The van der Waals surface area contributed by atoms with E-state index in [0.29, 0.717) is 5.92 Å². The third-order valence-electron chi connectivity index (χ3n) is 3.02. The summed E-state index contributed by atoms with van der Waals surface area (Å²) in [5.41, 5.74) is 2.78. The van der Waals surface area contributed by atoms with E-state index in [-0.39, 0.29) is 0 Å². The Morgan fingerprint density at radius 1 is 1.30 bits per heavy atom. The van der Waals surface area contributed by atoms with Crippen LogP contribution in [-0.4, -0.2) is 21.5 Å². The molecule has 0 saturated carbocycles. The van der Waals surface area contributed by atoms with Crippen LogP contribution in [0.4, 0.5) is 5.69 Å². The molecule has 20 heavy (non-hydrogen) atoms. The van der Waals surface area contributed by atoms with E-state index in [9.17, 15) is 0 Å². The standard InChI is InChI=1S/C14H13BrN4S/c1-9(14-17-4-5-20-14)7-18-11-2-3-16-12-6-10(15)8-19-13(11)12/h2-6,8-9H,7H2,1H3,(H,16,18). The molecule has 3 aromatic rings. The number of anilines is 1. The quantitative estimate of drug-likeness (QED) is 0.772. The van der Waals surface area contributed by atoms with Crippen molar-refractivity contribution in [2.75, 3.05) is 11.9 Å². The second kappa shape index (κ2) is 5.85. The van der Waals surface area contributed by atoms with Gasteiger partial charge in [0, 0.05) is 40.9 Å². The Labute approximate surface area is 129 Å². The number of nitrogens with one attached hydrogen (secondary N) is 1. The monoisotopic (exact) mass is 348 g/mol. The van der Waals surface area contributed by atoms with Crippen LogP contribution in [0.5, 0.6) is 0 Å². The number of halogens is 1. The summed E-state index contributed by atoms with van der Waals surface area (Å²) < 4.78 is 0.936. The Morgan fingerprint density at radius 3 is 3.00 bits per heavy atom. The molecule has 1 unspecified atom stereocenters. The predicted molar refractivity (Wildman–Crippen MR) is 86.3 cm³/mol. The fourth-order valence-corrected chi connectivity index (χ4v) is 2.99. The van der Waals surface area contributed by atoms with Crippen molar-refractivity contribution in [1.82, 2.24) is 15.0 Å². The molecular formula is C14H13BrN4S. The van der Waals surface area contributed by atoms with Crippen LogP contribution in [0.1, 0.15) is 17.8 Å². The van der Waals surface area contributed by atoms with E-state index in [1.54, 1.807) is 23.7 Å². The van der Waals surface area contributed by atoms with Gasteiger partial charge in [0.05, 0.1) is 16.2 Å². The minimum atomic E-state index is 0.369. The summed E-state index contributed by atoms with van der Waals surface area (Å²) in [6.07, 6.45) is 5.43. The number of hydrogen-bond donors (Lipinski definition) is 1. The lowest BCUT2D eigenvalue weighted by atomic mass is 10.2. The third-order valence-corrected chi connectivity index (χ3v) is 4.46. The highest BCUT2D eigenvalue weighted by atomic mass is 79.9. The van der Waals surface area contributed by atoms with Gasteiger partial charge in [0.2, 0.25) is 0 Å². The fourth-order valence-electron chi connectivity index (χ4n) is 1.98. The lowest BCUT2D eigenvalue weighted by Gasteiger charge is -2.12. The van der Waals surface area contributed by atoms with Crippen LogP contribution < -0.4 is 5.32 Å². The van der Waals surface area contributed by atoms with Gasteiger partial charge in [0.1, 0.15) is 5.52 Å². The first-order chi connectivity index (χ1) is 9.74. The van der Waals surface area contributed by atoms with Crippen LogP contribution in [0.2, 0.25) is 0 Å². The minimum Gasteiger partial charge on any atom is -0.382 e. The number of thiazole rings is 1. The summed E-state index contributed by atoms with van der Waals surface area (Å²) in [5.74, 6) is 0.369.